The SMILES string of the molecule is c1ccc([S+]2c3ccccc3[I-]3(C[I-]C3)c3ccccc32)cc1. The molecule has 0 atom stereocenters. The summed E-state index contributed by atoms with van der Waals surface area (Å²) in [5, 5.41) is 0. The molecule has 2 aliphatic rings. The summed E-state index contributed by atoms with van der Waals surface area (Å²) in [4.78, 5) is 4.74. The standard InChI is InChI=1S/C20H17I2S/c1-2-8-16(9-3-1)23-19-12-6-4-10-17(19)22(14-21-15-22)18-11-5-7-13-20(18)23/h1-13H,14-15H2/q-1. The molecule has 2 heterocycles. The van der Waals surface area contributed by atoms with Crippen LogP contribution in [-0.2, 0) is 10.9 Å². The zero-order chi connectivity index (χ0) is 15.3. The first-order valence-electron chi connectivity index (χ1n) is 7.62. The van der Waals surface area contributed by atoms with E-state index in [2.05, 4.69) is 78.9 Å². The van der Waals surface area contributed by atoms with E-state index in [9.17, 15) is 0 Å². The van der Waals surface area contributed by atoms with Gasteiger partial charge in [-0.05, 0) is 0 Å². The first-order chi connectivity index (χ1) is 11.4. The molecule has 0 bridgehead atoms. The molecule has 3 heteroatoms. The van der Waals surface area contributed by atoms with Gasteiger partial charge < -0.3 is 0 Å². The maximum absolute atomic E-state index is 2.48. The predicted octanol–water partition coefficient (Wildman–Crippen LogP) is -1.69. The summed E-state index contributed by atoms with van der Waals surface area (Å²) in [6.07, 6.45) is 0. The van der Waals surface area contributed by atoms with Gasteiger partial charge in [-0.2, -0.15) is 0 Å². The summed E-state index contributed by atoms with van der Waals surface area (Å²) in [5.74, 6) is 0. The van der Waals surface area contributed by atoms with Gasteiger partial charge in [-0.1, -0.05) is 0 Å². The topological polar surface area (TPSA) is 0 Å². The molecule has 1 fully saturated rings. The Morgan fingerprint density at radius 2 is 1.17 bits per heavy atom. The second kappa shape index (κ2) is 5.77. The van der Waals surface area contributed by atoms with E-state index >= 15 is 0 Å². The Morgan fingerprint density at radius 1 is 0.652 bits per heavy atom. The molecule has 3 aromatic carbocycles. The molecular weight excluding hydrogens is 526 g/mol. The average molecular weight is 543 g/mol. The van der Waals surface area contributed by atoms with Gasteiger partial charge in [0.05, 0.1) is 0 Å². The van der Waals surface area contributed by atoms with Crippen molar-refractivity contribution >= 4 is 10.9 Å². The van der Waals surface area contributed by atoms with Crippen LogP contribution in [0.3, 0.4) is 0 Å². The number of alkyl halides is 4. The summed E-state index contributed by atoms with van der Waals surface area (Å²) in [5.41, 5.74) is 0. The van der Waals surface area contributed by atoms with Gasteiger partial charge in [0.15, 0.2) is 0 Å². The zero-order valence-corrected chi connectivity index (χ0v) is 17.7. The summed E-state index contributed by atoms with van der Waals surface area (Å²) in [6.45, 7) is 0. The molecule has 0 nitrogen and oxygen atoms in total. The fourth-order valence-corrected chi connectivity index (χ4v) is 32.5. The fourth-order valence-electron chi connectivity index (χ4n) is 3.29. The molecule has 0 aromatic heterocycles. The molecule has 1 spiro atoms. The number of hydrogen-bond acceptors (Lipinski definition) is 0. The quantitative estimate of drug-likeness (QED) is 0.196. The van der Waals surface area contributed by atoms with Crippen LogP contribution in [0.5, 0.6) is 0 Å². The van der Waals surface area contributed by atoms with Gasteiger partial charge in [-0.3, -0.25) is 0 Å². The molecule has 3 aromatic rings. The van der Waals surface area contributed by atoms with Crippen LogP contribution in [-0.4, -0.2) is 4.87 Å². The van der Waals surface area contributed by atoms with Crippen molar-refractivity contribution in [3.63, 3.8) is 0 Å². The van der Waals surface area contributed by atoms with Crippen LogP contribution in [0.1, 0.15) is 0 Å². The number of benzene rings is 3. The third-order valence-electron chi connectivity index (χ3n) is 4.36. The van der Waals surface area contributed by atoms with Gasteiger partial charge in [0.25, 0.3) is 0 Å². The summed E-state index contributed by atoms with van der Waals surface area (Å²) < 4.78 is 6.75. The van der Waals surface area contributed by atoms with Crippen molar-refractivity contribution in [3.8, 4) is 0 Å². The number of halogens is 2. The van der Waals surface area contributed by atoms with Gasteiger partial charge in [0, 0.05) is 0 Å². The molecule has 0 N–H and O–H groups in total. The molecule has 0 saturated carbocycles. The van der Waals surface area contributed by atoms with Crippen LogP contribution in [0.4, 0.5) is 0 Å². The van der Waals surface area contributed by atoms with Gasteiger partial charge in [0.1, 0.15) is 0 Å². The Bertz CT molecular complexity index is 822. The van der Waals surface area contributed by atoms with E-state index in [0.29, 0.717) is 21.2 Å². The van der Waals surface area contributed by atoms with Crippen LogP contribution in [0, 0.1) is 7.14 Å². The maximum atomic E-state index is 2.48. The Kier molecular flexibility index (Phi) is 3.71. The Labute approximate surface area is 154 Å². The Hall–Kier alpha value is -0.530. The monoisotopic (exact) mass is 543 g/mol. The van der Waals surface area contributed by atoms with Crippen molar-refractivity contribution in [1.82, 2.24) is 0 Å². The van der Waals surface area contributed by atoms with E-state index in [-0.39, 0.29) is 10.9 Å². The van der Waals surface area contributed by atoms with Crippen LogP contribution >= 0.6 is 0 Å². The van der Waals surface area contributed by atoms with Crippen molar-refractivity contribution < 1.29 is 39.6 Å². The molecule has 5 rings (SSSR count). The molecule has 23 heavy (non-hydrogen) atoms. The van der Waals surface area contributed by atoms with Gasteiger partial charge in [-0.15, -0.1) is 0 Å². The first kappa shape index (κ1) is 14.8. The second-order valence-corrected chi connectivity index (χ2v) is 24.6. The Balaban J connectivity index is 1.83. The summed E-state index contributed by atoms with van der Waals surface area (Å²) in [7, 11) is 0.0850. The molecule has 0 amide bonds. The van der Waals surface area contributed by atoms with E-state index in [4.69, 9.17) is 0 Å². The number of hydrogen-bond donors (Lipinski definition) is 0. The molecule has 1 saturated heterocycles. The summed E-state index contributed by atoms with van der Waals surface area (Å²) >= 11 is -1.42. The zero-order valence-electron chi connectivity index (χ0n) is 12.6. The van der Waals surface area contributed by atoms with E-state index in [1.165, 1.54) is 4.90 Å². The predicted molar refractivity (Wildman–Crippen MR) is 88.6 cm³/mol. The van der Waals surface area contributed by atoms with Gasteiger partial charge in [0.2, 0.25) is 0 Å². The molecule has 0 aliphatic carbocycles. The minimum atomic E-state index is -1.90. The number of rotatable bonds is 1. The van der Waals surface area contributed by atoms with Crippen LogP contribution < -0.4 is 39.6 Å². The first-order valence-corrected chi connectivity index (χ1v) is 17.1. The van der Waals surface area contributed by atoms with E-state index in [1.807, 2.05) is 0 Å². The molecule has 2 aliphatic heterocycles. The average Bonchev–Trinajstić information content (AvgIpc) is 2.58. The Morgan fingerprint density at radius 3 is 1.70 bits per heavy atom. The summed E-state index contributed by atoms with van der Waals surface area (Å²) in [6, 6.07) is 30.0. The van der Waals surface area contributed by atoms with Crippen molar-refractivity contribution in [1.29, 1.82) is 0 Å². The fraction of sp³-hybridized carbons (Fsp3) is 0.100. The van der Waals surface area contributed by atoms with Crippen molar-refractivity contribution in [2.24, 2.45) is 0 Å². The number of fused-ring (bicyclic) bond motifs is 4. The molecule has 0 unspecified atom stereocenters. The van der Waals surface area contributed by atoms with Crippen LogP contribution in [0.15, 0.2) is 93.5 Å². The molecule has 118 valence electrons. The van der Waals surface area contributed by atoms with Crippen molar-refractivity contribution in [2.45, 2.75) is 14.7 Å². The third kappa shape index (κ3) is 2.15. The van der Waals surface area contributed by atoms with E-state index in [1.54, 1.807) is 21.8 Å². The minimum absolute atomic E-state index is 0.0850. The van der Waals surface area contributed by atoms with Gasteiger partial charge >= 0.3 is 156 Å². The van der Waals surface area contributed by atoms with Crippen LogP contribution in [0.2, 0.25) is 0 Å². The third-order valence-corrected chi connectivity index (χ3v) is 35.2. The second-order valence-electron chi connectivity index (χ2n) is 5.69. The van der Waals surface area contributed by atoms with Crippen LogP contribution in [0.25, 0.3) is 0 Å². The normalized spacial score (nSPS) is 19.8. The van der Waals surface area contributed by atoms with Crippen molar-refractivity contribution in [3.05, 3.63) is 86.0 Å². The molecule has 0 radical (unpaired) electrons. The van der Waals surface area contributed by atoms with E-state index < -0.39 is 18.4 Å². The van der Waals surface area contributed by atoms with Gasteiger partial charge in [-0.25, -0.2) is 0 Å². The van der Waals surface area contributed by atoms with E-state index in [0.717, 1.165) is 0 Å². The van der Waals surface area contributed by atoms with Crippen molar-refractivity contribution in [2.75, 3.05) is 4.87 Å². The molecular formula is C20H17I2S-.